The second-order valence-corrected chi connectivity index (χ2v) is 6.82. The zero-order valence-corrected chi connectivity index (χ0v) is 13.7. The van der Waals surface area contributed by atoms with Crippen LogP contribution in [0, 0.1) is 0 Å². The lowest BCUT2D eigenvalue weighted by Crippen LogP contribution is -2.44. The third-order valence-corrected chi connectivity index (χ3v) is 5.33. The number of ether oxygens (including phenoxy) is 1. The maximum Gasteiger partial charge on any atom is 0.127 e. The number of benzene rings is 2. The normalized spacial score (nSPS) is 24.9. The van der Waals surface area contributed by atoms with E-state index in [0.717, 1.165) is 17.5 Å². The van der Waals surface area contributed by atoms with Crippen molar-refractivity contribution in [2.24, 2.45) is 0 Å². The fourth-order valence-electron chi connectivity index (χ4n) is 4.20. The molecule has 2 heteroatoms. The topological polar surface area (TPSA) is 12.5 Å². The van der Waals surface area contributed by atoms with Crippen LogP contribution in [0.25, 0.3) is 0 Å². The first-order valence-electron chi connectivity index (χ1n) is 8.99. The fourth-order valence-corrected chi connectivity index (χ4v) is 4.20. The number of para-hydroxylation sites is 1. The van der Waals surface area contributed by atoms with Crippen molar-refractivity contribution in [2.45, 2.75) is 50.6 Å². The third-order valence-electron chi connectivity index (χ3n) is 5.33. The van der Waals surface area contributed by atoms with Crippen LogP contribution in [0.5, 0.6) is 11.5 Å². The minimum atomic E-state index is 0.611. The van der Waals surface area contributed by atoms with Crippen molar-refractivity contribution in [2.75, 3.05) is 6.54 Å². The first-order valence-corrected chi connectivity index (χ1v) is 8.99. The summed E-state index contributed by atoms with van der Waals surface area (Å²) < 4.78 is 5.91. The lowest BCUT2D eigenvalue weighted by Gasteiger charge is -2.45. The molecule has 0 amide bonds. The van der Waals surface area contributed by atoms with E-state index in [1.807, 2.05) is 30.3 Å². The zero-order chi connectivity index (χ0) is 15.5. The standard InChI is InChI=1S/C21H25NO/c1-2-9-19(10-3-1)23-20-14-12-17(13-15-20)21-11-6-8-18-7-4-5-16-22(18)21/h1-3,9-10,12-15,18,21H,4-8,11,16H2/t18-,21+/m1/s1. The van der Waals surface area contributed by atoms with Gasteiger partial charge in [0.05, 0.1) is 0 Å². The van der Waals surface area contributed by atoms with E-state index < -0.39 is 0 Å². The molecule has 0 unspecified atom stereocenters. The van der Waals surface area contributed by atoms with E-state index in [2.05, 4.69) is 29.2 Å². The molecule has 2 aliphatic heterocycles. The Morgan fingerprint density at radius 3 is 2.30 bits per heavy atom. The lowest BCUT2D eigenvalue weighted by atomic mass is 9.86. The van der Waals surface area contributed by atoms with Crippen molar-refractivity contribution in [1.82, 2.24) is 4.90 Å². The Morgan fingerprint density at radius 1 is 0.739 bits per heavy atom. The molecular weight excluding hydrogens is 282 g/mol. The molecule has 0 N–H and O–H groups in total. The summed E-state index contributed by atoms with van der Waals surface area (Å²) in [5, 5.41) is 0. The Labute approximate surface area is 139 Å². The first kappa shape index (κ1) is 14.8. The molecule has 2 saturated heterocycles. The van der Waals surface area contributed by atoms with Crippen LogP contribution in [0.3, 0.4) is 0 Å². The highest BCUT2D eigenvalue weighted by Crippen LogP contribution is 2.38. The Kier molecular flexibility index (Phi) is 4.34. The van der Waals surface area contributed by atoms with Crippen molar-refractivity contribution in [3.05, 3.63) is 60.2 Å². The predicted molar refractivity (Wildman–Crippen MR) is 93.9 cm³/mol. The van der Waals surface area contributed by atoms with E-state index in [4.69, 9.17) is 4.74 Å². The summed E-state index contributed by atoms with van der Waals surface area (Å²) in [4.78, 5) is 2.76. The Morgan fingerprint density at radius 2 is 1.48 bits per heavy atom. The van der Waals surface area contributed by atoms with Crippen LogP contribution >= 0.6 is 0 Å². The maximum absolute atomic E-state index is 5.91. The monoisotopic (exact) mass is 307 g/mol. The van der Waals surface area contributed by atoms with E-state index in [9.17, 15) is 0 Å². The van der Waals surface area contributed by atoms with Gasteiger partial charge in [0.25, 0.3) is 0 Å². The van der Waals surface area contributed by atoms with Gasteiger partial charge in [-0.25, -0.2) is 0 Å². The Hall–Kier alpha value is -1.80. The number of fused-ring (bicyclic) bond motifs is 1. The van der Waals surface area contributed by atoms with Crippen molar-refractivity contribution >= 4 is 0 Å². The SMILES string of the molecule is c1ccc(Oc2ccc([C@@H]3CCC[C@H]4CCCCN43)cc2)cc1. The third kappa shape index (κ3) is 3.28. The van der Waals surface area contributed by atoms with Crippen LogP contribution in [0.2, 0.25) is 0 Å². The summed E-state index contributed by atoms with van der Waals surface area (Å²) in [6, 6.07) is 20.2. The van der Waals surface area contributed by atoms with Crippen molar-refractivity contribution in [1.29, 1.82) is 0 Å². The van der Waals surface area contributed by atoms with Gasteiger partial charge in [-0.05, 0) is 68.5 Å². The molecule has 23 heavy (non-hydrogen) atoms. The summed E-state index contributed by atoms with van der Waals surface area (Å²) in [5.74, 6) is 1.82. The van der Waals surface area contributed by atoms with Gasteiger partial charge < -0.3 is 4.74 Å². The molecule has 2 heterocycles. The largest absolute Gasteiger partial charge is 0.457 e. The van der Waals surface area contributed by atoms with Crippen molar-refractivity contribution in [3.8, 4) is 11.5 Å². The van der Waals surface area contributed by atoms with Gasteiger partial charge in [-0.15, -0.1) is 0 Å². The van der Waals surface area contributed by atoms with E-state index >= 15 is 0 Å². The van der Waals surface area contributed by atoms with Gasteiger partial charge in [-0.1, -0.05) is 36.8 Å². The smallest absolute Gasteiger partial charge is 0.127 e. The predicted octanol–water partition coefficient (Wildman–Crippen LogP) is 5.56. The quantitative estimate of drug-likeness (QED) is 0.736. The zero-order valence-electron chi connectivity index (χ0n) is 13.7. The molecule has 0 saturated carbocycles. The van der Waals surface area contributed by atoms with Gasteiger partial charge in [-0.2, -0.15) is 0 Å². The number of rotatable bonds is 3. The van der Waals surface area contributed by atoms with Crippen molar-refractivity contribution in [3.63, 3.8) is 0 Å². The second-order valence-electron chi connectivity index (χ2n) is 6.82. The number of piperidine rings is 2. The molecule has 120 valence electrons. The van der Waals surface area contributed by atoms with Gasteiger partial charge in [-0.3, -0.25) is 4.90 Å². The summed E-state index contributed by atoms with van der Waals surface area (Å²) in [5.41, 5.74) is 1.46. The average Bonchev–Trinajstić information content (AvgIpc) is 2.63. The molecule has 0 spiro atoms. The molecule has 2 aromatic rings. The first-order chi connectivity index (χ1) is 11.4. The minimum Gasteiger partial charge on any atom is -0.457 e. The van der Waals surface area contributed by atoms with Crippen molar-refractivity contribution < 1.29 is 4.74 Å². The average molecular weight is 307 g/mol. The van der Waals surface area contributed by atoms with Gasteiger partial charge in [0.1, 0.15) is 11.5 Å². The van der Waals surface area contributed by atoms with Crippen LogP contribution in [0.15, 0.2) is 54.6 Å². The lowest BCUT2D eigenvalue weighted by molar-refractivity contribution is 0.0518. The molecule has 0 aliphatic carbocycles. The van der Waals surface area contributed by atoms with Gasteiger partial charge in [0, 0.05) is 12.1 Å². The molecule has 2 aromatic carbocycles. The van der Waals surface area contributed by atoms with E-state index in [1.165, 1.54) is 50.6 Å². The molecule has 0 radical (unpaired) electrons. The molecule has 4 rings (SSSR count). The molecular formula is C21H25NO. The van der Waals surface area contributed by atoms with Crippen LogP contribution in [0.4, 0.5) is 0 Å². The van der Waals surface area contributed by atoms with Crippen LogP contribution in [-0.4, -0.2) is 17.5 Å². The van der Waals surface area contributed by atoms with Gasteiger partial charge in [0.15, 0.2) is 0 Å². The van der Waals surface area contributed by atoms with Gasteiger partial charge in [0.2, 0.25) is 0 Å². The van der Waals surface area contributed by atoms with Crippen LogP contribution in [0.1, 0.15) is 50.1 Å². The summed E-state index contributed by atoms with van der Waals surface area (Å²) in [6.45, 7) is 1.28. The van der Waals surface area contributed by atoms with E-state index in [0.29, 0.717) is 6.04 Å². The molecule has 0 bridgehead atoms. The van der Waals surface area contributed by atoms with Crippen LogP contribution in [-0.2, 0) is 0 Å². The second kappa shape index (κ2) is 6.76. The molecule has 2 aliphatic rings. The maximum atomic E-state index is 5.91. The summed E-state index contributed by atoms with van der Waals surface area (Å²) in [7, 11) is 0. The highest BCUT2D eigenvalue weighted by atomic mass is 16.5. The minimum absolute atomic E-state index is 0.611. The summed E-state index contributed by atoms with van der Waals surface area (Å²) >= 11 is 0. The number of hydrogen-bond acceptors (Lipinski definition) is 2. The van der Waals surface area contributed by atoms with E-state index in [-0.39, 0.29) is 0 Å². The number of hydrogen-bond donors (Lipinski definition) is 0. The fraction of sp³-hybridized carbons (Fsp3) is 0.429. The molecule has 2 nitrogen and oxygen atoms in total. The Bertz CT molecular complexity index is 620. The highest BCUT2D eigenvalue weighted by molar-refractivity contribution is 5.34. The van der Waals surface area contributed by atoms with Crippen LogP contribution < -0.4 is 4.74 Å². The highest BCUT2D eigenvalue weighted by Gasteiger charge is 2.32. The molecule has 2 fully saturated rings. The Balaban J connectivity index is 1.49. The number of nitrogens with zero attached hydrogens (tertiary/aromatic N) is 1. The molecule has 2 atom stereocenters. The summed E-state index contributed by atoms with van der Waals surface area (Å²) in [6.07, 6.45) is 8.24. The van der Waals surface area contributed by atoms with Gasteiger partial charge >= 0.3 is 0 Å². The molecule has 0 aromatic heterocycles. The van der Waals surface area contributed by atoms with E-state index in [1.54, 1.807) is 0 Å².